The first kappa shape index (κ1) is 31.2. The average molecular weight is 731 g/mol. The van der Waals surface area contributed by atoms with Gasteiger partial charge in [-0.1, -0.05) is 170 Å². The van der Waals surface area contributed by atoms with Gasteiger partial charge in [0, 0.05) is 69.5 Å². The normalized spacial score (nSPS) is 11.9. The number of aromatic nitrogens is 4. The van der Waals surface area contributed by atoms with Gasteiger partial charge < -0.3 is 4.40 Å². The van der Waals surface area contributed by atoms with Gasteiger partial charge in [-0.15, -0.1) is 11.3 Å². The Morgan fingerprint density at radius 2 is 0.875 bits per heavy atom. The molecule has 0 saturated carbocycles. The van der Waals surface area contributed by atoms with Crippen molar-refractivity contribution in [3.8, 4) is 56.4 Å². The Balaban J connectivity index is 1.05. The maximum Gasteiger partial charge on any atom is 0.164 e. The fourth-order valence-corrected chi connectivity index (χ4v) is 9.93. The van der Waals surface area contributed by atoms with Crippen molar-refractivity contribution in [3.63, 3.8) is 0 Å². The van der Waals surface area contributed by atoms with E-state index in [1.165, 1.54) is 75.0 Å². The SMILES string of the molecule is c1ccc(-c2nc(-c3ccccc3)nc(-c3ccc(-c4ccc5c6cccc(-c7cccc8c7sc7ccccc78)c6n6c7ccccc7c4c56)cc3)n2)cc1. The summed E-state index contributed by atoms with van der Waals surface area (Å²) in [4.78, 5) is 14.8. The van der Waals surface area contributed by atoms with Gasteiger partial charge in [0.15, 0.2) is 17.5 Å². The minimum absolute atomic E-state index is 0.649. The van der Waals surface area contributed by atoms with Gasteiger partial charge in [-0.05, 0) is 23.3 Å². The van der Waals surface area contributed by atoms with Gasteiger partial charge in [0.25, 0.3) is 0 Å². The summed E-state index contributed by atoms with van der Waals surface area (Å²) in [5.41, 5.74) is 11.5. The average Bonchev–Trinajstić information content (AvgIpc) is 3.94. The molecule has 0 atom stereocenters. The molecule has 0 N–H and O–H groups in total. The second kappa shape index (κ2) is 12.2. The fourth-order valence-electron chi connectivity index (χ4n) is 8.70. The second-order valence-electron chi connectivity index (χ2n) is 14.3. The van der Waals surface area contributed by atoms with Gasteiger partial charge in [-0.2, -0.15) is 0 Å². The summed E-state index contributed by atoms with van der Waals surface area (Å²) in [6, 6.07) is 64.8. The van der Waals surface area contributed by atoms with E-state index in [-0.39, 0.29) is 0 Å². The molecule has 0 aliphatic heterocycles. The van der Waals surface area contributed by atoms with E-state index in [1.807, 2.05) is 72.0 Å². The number of hydrogen-bond donors (Lipinski definition) is 0. The monoisotopic (exact) mass is 730 g/mol. The minimum Gasteiger partial charge on any atom is -0.307 e. The quantitative estimate of drug-likeness (QED) is 0.177. The van der Waals surface area contributed by atoms with Crippen LogP contribution in [0, 0.1) is 0 Å². The third kappa shape index (κ3) is 4.62. The van der Waals surface area contributed by atoms with E-state index in [4.69, 9.17) is 15.0 Å². The first-order valence-corrected chi connectivity index (χ1v) is 19.7. The van der Waals surface area contributed by atoms with Crippen molar-refractivity contribution in [3.05, 3.63) is 182 Å². The number of fused-ring (bicyclic) bond motifs is 9. The van der Waals surface area contributed by atoms with E-state index in [9.17, 15) is 0 Å². The molecule has 4 heterocycles. The van der Waals surface area contributed by atoms with Crippen molar-refractivity contribution in [2.75, 3.05) is 0 Å². The molecule has 56 heavy (non-hydrogen) atoms. The molecule has 0 saturated heterocycles. The summed E-state index contributed by atoms with van der Waals surface area (Å²) in [5, 5.41) is 7.69. The Morgan fingerprint density at radius 3 is 1.59 bits per heavy atom. The van der Waals surface area contributed by atoms with E-state index in [2.05, 4.69) is 126 Å². The van der Waals surface area contributed by atoms with E-state index in [0.717, 1.165) is 22.3 Å². The maximum atomic E-state index is 4.98. The molecule has 0 aliphatic carbocycles. The lowest BCUT2D eigenvalue weighted by molar-refractivity contribution is 1.07. The van der Waals surface area contributed by atoms with Crippen LogP contribution in [-0.4, -0.2) is 19.4 Å². The Kier molecular flexibility index (Phi) is 6.76. The summed E-state index contributed by atoms with van der Waals surface area (Å²) < 4.78 is 5.17. The number of benzene rings is 8. The van der Waals surface area contributed by atoms with Crippen LogP contribution in [0.3, 0.4) is 0 Å². The van der Waals surface area contributed by atoms with Crippen LogP contribution < -0.4 is 0 Å². The summed E-state index contributed by atoms with van der Waals surface area (Å²) in [5.74, 6) is 1.96. The Hall–Kier alpha value is -7.21. The van der Waals surface area contributed by atoms with Crippen molar-refractivity contribution in [2.45, 2.75) is 0 Å². The highest BCUT2D eigenvalue weighted by Crippen LogP contribution is 2.48. The number of nitrogens with zero attached hydrogens (tertiary/aromatic N) is 4. The van der Waals surface area contributed by atoms with Crippen molar-refractivity contribution in [2.24, 2.45) is 0 Å². The Morgan fingerprint density at radius 1 is 0.339 bits per heavy atom. The summed E-state index contributed by atoms with van der Waals surface area (Å²) in [6.45, 7) is 0. The van der Waals surface area contributed by atoms with E-state index < -0.39 is 0 Å². The lowest BCUT2D eigenvalue weighted by Gasteiger charge is -2.10. The molecule has 0 fully saturated rings. The van der Waals surface area contributed by atoms with Crippen molar-refractivity contribution in [1.29, 1.82) is 0 Å². The lowest BCUT2D eigenvalue weighted by Crippen LogP contribution is -2.00. The number of hydrogen-bond acceptors (Lipinski definition) is 4. The predicted octanol–water partition coefficient (Wildman–Crippen LogP) is 13.7. The summed E-state index contributed by atoms with van der Waals surface area (Å²) in [6.07, 6.45) is 0. The number of para-hydroxylation sites is 2. The van der Waals surface area contributed by atoms with E-state index in [1.54, 1.807) is 0 Å². The molecular formula is C51H30N4S. The molecular weight excluding hydrogens is 701 g/mol. The van der Waals surface area contributed by atoms with Crippen LogP contribution in [0.1, 0.15) is 0 Å². The van der Waals surface area contributed by atoms with Crippen LogP contribution in [0.2, 0.25) is 0 Å². The number of thiophene rings is 1. The highest BCUT2D eigenvalue weighted by molar-refractivity contribution is 7.26. The molecule has 260 valence electrons. The van der Waals surface area contributed by atoms with Crippen molar-refractivity contribution < 1.29 is 0 Å². The van der Waals surface area contributed by atoms with E-state index in [0.29, 0.717) is 17.5 Å². The van der Waals surface area contributed by atoms with Gasteiger partial charge in [-0.25, -0.2) is 15.0 Å². The Labute approximate surface area is 326 Å². The molecule has 0 radical (unpaired) electrons. The molecule has 0 unspecified atom stereocenters. The molecule has 0 spiro atoms. The van der Waals surface area contributed by atoms with Crippen molar-refractivity contribution >= 4 is 69.6 Å². The first-order chi connectivity index (χ1) is 27.8. The van der Waals surface area contributed by atoms with Crippen molar-refractivity contribution in [1.82, 2.24) is 19.4 Å². The van der Waals surface area contributed by atoms with Gasteiger partial charge >= 0.3 is 0 Å². The third-order valence-corrected chi connectivity index (χ3v) is 12.4. The zero-order valence-corrected chi connectivity index (χ0v) is 30.8. The maximum absolute atomic E-state index is 4.98. The highest BCUT2D eigenvalue weighted by Gasteiger charge is 2.23. The predicted molar refractivity (Wildman–Crippen MR) is 235 cm³/mol. The van der Waals surface area contributed by atoms with Gasteiger partial charge in [-0.3, -0.25) is 0 Å². The Bertz CT molecular complexity index is 3400. The van der Waals surface area contributed by atoms with Crippen LogP contribution in [0.15, 0.2) is 182 Å². The van der Waals surface area contributed by atoms with E-state index >= 15 is 0 Å². The van der Waals surface area contributed by atoms with Crippen LogP contribution in [-0.2, 0) is 0 Å². The second-order valence-corrected chi connectivity index (χ2v) is 15.4. The fraction of sp³-hybridized carbons (Fsp3) is 0. The lowest BCUT2D eigenvalue weighted by atomic mass is 9.95. The number of rotatable bonds is 5. The smallest absolute Gasteiger partial charge is 0.164 e. The zero-order chi connectivity index (χ0) is 36.7. The van der Waals surface area contributed by atoms with Crippen LogP contribution in [0.4, 0.5) is 0 Å². The van der Waals surface area contributed by atoms with Crippen LogP contribution >= 0.6 is 11.3 Å². The van der Waals surface area contributed by atoms with Gasteiger partial charge in [0.1, 0.15) is 0 Å². The topological polar surface area (TPSA) is 43.1 Å². The first-order valence-electron chi connectivity index (χ1n) is 18.9. The largest absolute Gasteiger partial charge is 0.307 e. The molecule has 0 aliphatic rings. The molecule has 5 heteroatoms. The van der Waals surface area contributed by atoms with Gasteiger partial charge in [0.2, 0.25) is 0 Å². The molecule has 4 aromatic heterocycles. The summed E-state index contributed by atoms with van der Waals surface area (Å²) in [7, 11) is 0. The molecule has 0 amide bonds. The highest BCUT2D eigenvalue weighted by atomic mass is 32.1. The standard InChI is InChI=1S/C51H30N4S/c1-3-13-32(14-4-1)49-52-50(33-15-5-2-6-16-33)54-51(53-49)34-27-25-31(26-28-34)35-29-30-39-37-19-11-20-38(46(37)55-43-23-9-7-18-42(43)45(35)47(39)55)41-22-12-21-40-36-17-8-10-24-44(36)56-48(40)41/h1-30H. The summed E-state index contributed by atoms with van der Waals surface area (Å²) >= 11 is 1.89. The molecule has 0 bridgehead atoms. The minimum atomic E-state index is 0.649. The molecule has 4 nitrogen and oxygen atoms in total. The van der Waals surface area contributed by atoms with Crippen LogP contribution in [0.25, 0.3) is 115 Å². The molecule has 8 aromatic carbocycles. The molecule has 12 aromatic rings. The molecule has 12 rings (SSSR count). The van der Waals surface area contributed by atoms with Gasteiger partial charge in [0.05, 0.1) is 16.6 Å². The zero-order valence-electron chi connectivity index (χ0n) is 30.0. The van der Waals surface area contributed by atoms with Crippen LogP contribution in [0.5, 0.6) is 0 Å². The third-order valence-electron chi connectivity index (χ3n) is 11.2.